The molecular weight excluding hydrogens is 272 g/mol. The highest BCUT2D eigenvalue weighted by Crippen LogP contribution is 2.37. The Morgan fingerprint density at radius 1 is 1.10 bits per heavy atom. The Morgan fingerprint density at radius 2 is 1.70 bits per heavy atom. The molecule has 0 bridgehead atoms. The fourth-order valence-electron chi connectivity index (χ4n) is 2.30. The standard InChI is InChI=1S/C17H17ClO2/c1-12(11-16(19)20)17(18)15-10-6-5-9-14(15)13-7-3-2-4-8-13/h2-10,12,17H,11H2,1H3,(H,19,20). The molecule has 0 radical (unpaired) electrons. The largest absolute Gasteiger partial charge is 0.481 e. The van der Waals surface area contributed by atoms with E-state index in [9.17, 15) is 4.79 Å². The Bertz CT molecular complexity index is 581. The van der Waals surface area contributed by atoms with Gasteiger partial charge < -0.3 is 5.11 Å². The van der Waals surface area contributed by atoms with Crippen molar-refractivity contribution in [2.45, 2.75) is 18.7 Å². The third-order valence-electron chi connectivity index (χ3n) is 3.34. The number of hydrogen-bond donors (Lipinski definition) is 1. The van der Waals surface area contributed by atoms with E-state index < -0.39 is 5.97 Å². The van der Waals surface area contributed by atoms with Crippen LogP contribution in [0, 0.1) is 5.92 Å². The highest BCUT2D eigenvalue weighted by molar-refractivity contribution is 6.21. The van der Waals surface area contributed by atoms with E-state index in [1.807, 2.05) is 61.5 Å². The van der Waals surface area contributed by atoms with Crippen LogP contribution >= 0.6 is 11.6 Å². The van der Waals surface area contributed by atoms with Crippen molar-refractivity contribution < 1.29 is 9.90 Å². The molecule has 0 spiro atoms. The van der Waals surface area contributed by atoms with E-state index in [1.165, 1.54) is 0 Å². The van der Waals surface area contributed by atoms with Crippen molar-refractivity contribution in [3.63, 3.8) is 0 Å². The summed E-state index contributed by atoms with van der Waals surface area (Å²) in [6.45, 7) is 1.87. The first kappa shape index (κ1) is 14.6. The van der Waals surface area contributed by atoms with Gasteiger partial charge >= 0.3 is 5.97 Å². The van der Waals surface area contributed by atoms with Crippen molar-refractivity contribution in [2.24, 2.45) is 5.92 Å². The highest BCUT2D eigenvalue weighted by Gasteiger charge is 2.21. The van der Waals surface area contributed by atoms with E-state index in [2.05, 4.69) is 0 Å². The summed E-state index contributed by atoms with van der Waals surface area (Å²) in [5.41, 5.74) is 3.13. The average Bonchev–Trinajstić information content (AvgIpc) is 2.46. The van der Waals surface area contributed by atoms with Gasteiger partial charge in [-0.1, -0.05) is 61.5 Å². The molecule has 2 aromatic carbocycles. The molecule has 0 fully saturated rings. The summed E-state index contributed by atoms with van der Waals surface area (Å²) in [7, 11) is 0. The van der Waals surface area contributed by atoms with E-state index in [0.29, 0.717) is 0 Å². The molecule has 0 amide bonds. The molecule has 0 aromatic heterocycles. The predicted octanol–water partition coefficient (Wildman–Crippen LogP) is 4.74. The van der Waals surface area contributed by atoms with Gasteiger partial charge in [-0.3, -0.25) is 4.79 Å². The number of aliphatic carboxylic acids is 1. The van der Waals surface area contributed by atoms with E-state index in [1.54, 1.807) is 0 Å². The molecule has 2 aromatic rings. The maximum atomic E-state index is 10.8. The van der Waals surface area contributed by atoms with Gasteiger partial charge in [-0.15, -0.1) is 11.6 Å². The van der Waals surface area contributed by atoms with Crippen molar-refractivity contribution in [3.05, 3.63) is 60.2 Å². The zero-order chi connectivity index (χ0) is 14.5. The normalized spacial score (nSPS) is 13.7. The molecule has 2 rings (SSSR count). The third-order valence-corrected chi connectivity index (χ3v) is 4.00. The topological polar surface area (TPSA) is 37.3 Å². The molecule has 0 saturated heterocycles. The van der Waals surface area contributed by atoms with Crippen LogP contribution in [0.1, 0.15) is 24.3 Å². The number of carboxylic acid groups (broad SMARTS) is 1. The van der Waals surface area contributed by atoms with Crippen molar-refractivity contribution in [3.8, 4) is 11.1 Å². The first-order valence-corrected chi connectivity index (χ1v) is 7.03. The lowest BCUT2D eigenvalue weighted by atomic mass is 9.91. The van der Waals surface area contributed by atoms with Crippen LogP contribution in [0.5, 0.6) is 0 Å². The van der Waals surface area contributed by atoms with E-state index in [4.69, 9.17) is 16.7 Å². The third kappa shape index (κ3) is 3.40. The number of carbonyl (C=O) groups is 1. The minimum atomic E-state index is -0.819. The Morgan fingerprint density at radius 3 is 2.35 bits per heavy atom. The van der Waals surface area contributed by atoms with E-state index in [-0.39, 0.29) is 17.7 Å². The van der Waals surface area contributed by atoms with E-state index in [0.717, 1.165) is 16.7 Å². The second-order valence-electron chi connectivity index (χ2n) is 4.93. The van der Waals surface area contributed by atoms with Crippen molar-refractivity contribution in [2.75, 3.05) is 0 Å². The van der Waals surface area contributed by atoms with Gasteiger partial charge in [0, 0.05) is 6.42 Å². The zero-order valence-corrected chi connectivity index (χ0v) is 12.0. The minimum absolute atomic E-state index is 0.0668. The zero-order valence-electron chi connectivity index (χ0n) is 11.3. The van der Waals surface area contributed by atoms with Gasteiger partial charge in [-0.25, -0.2) is 0 Å². The first-order valence-electron chi connectivity index (χ1n) is 6.60. The summed E-state index contributed by atoms with van der Waals surface area (Å²) in [5, 5.41) is 8.59. The maximum absolute atomic E-state index is 10.8. The van der Waals surface area contributed by atoms with Gasteiger partial charge in [0.25, 0.3) is 0 Å². The summed E-state index contributed by atoms with van der Waals surface area (Å²) < 4.78 is 0. The number of carboxylic acids is 1. The monoisotopic (exact) mass is 288 g/mol. The maximum Gasteiger partial charge on any atom is 0.303 e. The van der Waals surface area contributed by atoms with Gasteiger partial charge in [0.1, 0.15) is 0 Å². The van der Waals surface area contributed by atoms with Crippen LogP contribution in [0.25, 0.3) is 11.1 Å². The highest BCUT2D eigenvalue weighted by atomic mass is 35.5. The summed E-state index contributed by atoms with van der Waals surface area (Å²) >= 11 is 6.49. The number of rotatable bonds is 5. The van der Waals surface area contributed by atoms with Crippen LogP contribution in [-0.4, -0.2) is 11.1 Å². The molecule has 3 heteroatoms. The second-order valence-corrected chi connectivity index (χ2v) is 5.40. The van der Waals surface area contributed by atoms with Crippen LogP contribution in [0.15, 0.2) is 54.6 Å². The number of benzene rings is 2. The lowest BCUT2D eigenvalue weighted by Gasteiger charge is -2.20. The average molecular weight is 289 g/mol. The fourth-order valence-corrected chi connectivity index (χ4v) is 2.58. The van der Waals surface area contributed by atoms with Gasteiger partial charge in [-0.2, -0.15) is 0 Å². The van der Waals surface area contributed by atoms with Crippen LogP contribution in [0.2, 0.25) is 0 Å². The molecule has 0 aliphatic heterocycles. The smallest absolute Gasteiger partial charge is 0.303 e. The molecule has 0 aliphatic carbocycles. The molecule has 2 unspecified atom stereocenters. The van der Waals surface area contributed by atoms with Gasteiger partial charge in [0.05, 0.1) is 5.38 Å². The Balaban J connectivity index is 2.35. The van der Waals surface area contributed by atoms with Gasteiger partial charge in [0.2, 0.25) is 0 Å². The molecule has 20 heavy (non-hydrogen) atoms. The summed E-state index contributed by atoms with van der Waals surface area (Å²) in [6.07, 6.45) is 0.0668. The Labute approximate surface area is 124 Å². The lowest BCUT2D eigenvalue weighted by Crippen LogP contribution is -2.10. The Hall–Kier alpha value is -1.80. The van der Waals surface area contributed by atoms with Crippen LogP contribution in [-0.2, 0) is 4.79 Å². The quantitative estimate of drug-likeness (QED) is 0.807. The molecule has 0 heterocycles. The van der Waals surface area contributed by atoms with Crippen LogP contribution < -0.4 is 0 Å². The number of hydrogen-bond acceptors (Lipinski definition) is 1. The number of alkyl halides is 1. The fraction of sp³-hybridized carbons (Fsp3) is 0.235. The molecule has 1 N–H and O–H groups in total. The predicted molar refractivity (Wildman–Crippen MR) is 81.9 cm³/mol. The van der Waals surface area contributed by atoms with Crippen molar-refractivity contribution in [1.29, 1.82) is 0 Å². The van der Waals surface area contributed by atoms with Crippen molar-refractivity contribution >= 4 is 17.6 Å². The van der Waals surface area contributed by atoms with Crippen LogP contribution in [0.3, 0.4) is 0 Å². The SMILES string of the molecule is CC(CC(=O)O)C(Cl)c1ccccc1-c1ccccc1. The minimum Gasteiger partial charge on any atom is -0.481 e. The summed E-state index contributed by atoms with van der Waals surface area (Å²) in [4.78, 5) is 10.8. The van der Waals surface area contributed by atoms with Gasteiger partial charge in [-0.05, 0) is 22.6 Å². The molecular formula is C17H17ClO2. The van der Waals surface area contributed by atoms with E-state index >= 15 is 0 Å². The summed E-state index contributed by atoms with van der Waals surface area (Å²) in [6, 6.07) is 17.9. The van der Waals surface area contributed by atoms with Crippen molar-refractivity contribution in [1.82, 2.24) is 0 Å². The second kappa shape index (κ2) is 6.58. The molecule has 0 aliphatic rings. The lowest BCUT2D eigenvalue weighted by molar-refractivity contribution is -0.137. The van der Waals surface area contributed by atoms with Crippen LogP contribution in [0.4, 0.5) is 0 Å². The Kier molecular flexibility index (Phi) is 4.80. The summed E-state index contributed by atoms with van der Waals surface area (Å²) in [5.74, 6) is -0.945. The molecule has 2 nitrogen and oxygen atoms in total. The van der Waals surface area contributed by atoms with Gasteiger partial charge in [0.15, 0.2) is 0 Å². The molecule has 0 saturated carbocycles. The molecule has 2 atom stereocenters. The first-order chi connectivity index (χ1) is 9.59. The number of halogens is 1. The molecule has 104 valence electrons.